The number of nitrogens with zero attached hydrogens (tertiary/aromatic N) is 4. The van der Waals surface area contributed by atoms with Crippen molar-refractivity contribution in [2.24, 2.45) is 5.92 Å². The number of aryl methyl sites for hydroxylation is 2. The van der Waals surface area contributed by atoms with Crippen LogP contribution in [-0.2, 0) is 4.79 Å². The molecule has 30 heavy (non-hydrogen) atoms. The summed E-state index contributed by atoms with van der Waals surface area (Å²) in [6.45, 7) is 7.79. The second kappa shape index (κ2) is 8.92. The molecule has 156 valence electrons. The smallest absolute Gasteiger partial charge is 0.223 e. The van der Waals surface area contributed by atoms with Gasteiger partial charge in [-0.15, -0.1) is 11.3 Å². The molecule has 1 N–H and O–H groups in total. The minimum Gasteiger partial charge on any atom is -0.355 e. The molecule has 1 aromatic carbocycles. The summed E-state index contributed by atoms with van der Waals surface area (Å²) in [4.78, 5) is 29.4. The number of piperidine rings is 1. The zero-order chi connectivity index (χ0) is 21.1. The first kappa shape index (κ1) is 20.5. The number of aromatic nitrogens is 3. The molecule has 1 unspecified atom stereocenters. The van der Waals surface area contributed by atoms with Gasteiger partial charge >= 0.3 is 0 Å². The fourth-order valence-corrected chi connectivity index (χ4v) is 4.93. The number of hydrogen-bond acceptors (Lipinski definition) is 6. The third-order valence-electron chi connectivity index (χ3n) is 5.62. The van der Waals surface area contributed by atoms with Crippen molar-refractivity contribution in [2.75, 3.05) is 18.0 Å². The van der Waals surface area contributed by atoms with E-state index < -0.39 is 0 Å². The Balaban J connectivity index is 1.36. The summed E-state index contributed by atoms with van der Waals surface area (Å²) in [6.07, 6.45) is 6.81. The van der Waals surface area contributed by atoms with E-state index in [1.165, 1.54) is 5.56 Å². The molecular formula is C23H27N5OS. The Bertz CT molecular complexity index is 994. The molecule has 1 atom stereocenters. The second-order valence-corrected chi connectivity index (χ2v) is 8.92. The number of anilines is 1. The van der Waals surface area contributed by atoms with E-state index in [9.17, 15) is 4.79 Å². The maximum atomic E-state index is 12.9. The van der Waals surface area contributed by atoms with E-state index in [2.05, 4.69) is 51.4 Å². The van der Waals surface area contributed by atoms with Crippen LogP contribution in [0.25, 0.3) is 10.6 Å². The monoisotopic (exact) mass is 421 g/mol. The fourth-order valence-electron chi connectivity index (χ4n) is 3.85. The van der Waals surface area contributed by atoms with E-state index >= 15 is 0 Å². The van der Waals surface area contributed by atoms with E-state index in [1.807, 2.05) is 13.8 Å². The van der Waals surface area contributed by atoms with Crippen molar-refractivity contribution in [3.8, 4) is 10.6 Å². The van der Waals surface area contributed by atoms with Crippen LogP contribution in [0, 0.1) is 19.8 Å². The van der Waals surface area contributed by atoms with Crippen LogP contribution >= 0.6 is 11.3 Å². The second-order valence-electron chi connectivity index (χ2n) is 7.89. The van der Waals surface area contributed by atoms with Crippen LogP contribution in [0.5, 0.6) is 0 Å². The fraction of sp³-hybridized carbons (Fsp3) is 0.391. The first-order valence-corrected chi connectivity index (χ1v) is 11.2. The Morgan fingerprint density at radius 2 is 1.90 bits per heavy atom. The van der Waals surface area contributed by atoms with Gasteiger partial charge in [-0.2, -0.15) is 0 Å². The zero-order valence-corrected chi connectivity index (χ0v) is 18.4. The van der Waals surface area contributed by atoms with Crippen LogP contribution < -0.4 is 10.2 Å². The van der Waals surface area contributed by atoms with Crippen molar-refractivity contribution in [1.29, 1.82) is 0 Å². The molecular weight excluding hydrogens is 394 g/mol. The van der Waals surface area contributed by atoms with Gasteiger partial charge in [0.15, 0.2) is 0 Å². The van der Waals surface area contributed by atoms with Gasteiger partial charge in [-0.3, -0.25) is 9.78 Å². The lowest BCUT2D eigenvalue weighted by Gasteiger charge is -2.32. The molecule has 0 spiro atoms. The number of thiazole rings is 1. The molecule has 1 fully saturated rings. The van der Waals surface area contributed by atoms with E-state index in [0.29, 0.717) is 0 Å². The van der Waals surface area contributed by atoms with Gasteiger partial charge in [0.2, 0.25) is 5.91 Å². The number of amides is 1. The number of carbonyl (C=O) groups excluding carboxylic acids is 1. The van der Waals surface area contributed by atoms with Crippen molar-refractivity contribution in [2.45, 2.75) is 39.7 Å². The largest absolute Gasteiger partial charge is 0.355 e. The summed E-state index contributed by atoms with van der Waals surface area (Å²) < 4.78 is 0. The topological polar surface area (TPSA) is 71.0 Å². The Morgan fingerprint density at radius 3 is 2.57 bits per heavy atom. The van der Waals surface area contributed by atoms with Crippen LogP contribution in [0.4, 0.5) is 5.82 Å². The number of nitrogens with one attached hydrogen (secondary N) is 1. The standard InChI is InChI=1S/C23H27N5OS/c1-15-4-6-19(7-5-15)23-27-17(3)21(30-23)16(2)26-22(29)18-8-12-28(13-9-18)20-14-24-10-11-25-20/h4-7,10-11,14,16,18H,8-9,12-13H2,1-3H3,(H,26,29). The molecule has 4 rings (SSSR count). The Morgan fingerprint density at radius 1 is 1.17 bits per heavy atom. The van der Waals surface area contributed by atoms with E-state index in [0.717, 1.165) is 52.9 Å². The summed E-state index contributed by atoms with van der Waals surface area (Å²) in [5.74, 6) is 1.05. The maximum Gasteiger partial charge on any atom is 0.223 e. The predicted octanol–water partition coefficient (Wildman–Crippen LogP) is 4.31. The normalized spacial score (nSPS) is 15.8. The zero-order valence-electron chi connectivity index (χ0n) is 17.6. The highest BCUT2D eigenvalue weighted by Gasteiger charge is 2.27. The number of rotatable bonds is 5. The molecule has 6 nitrogen and oxygen atoms in total. The lowest BCUT2D eigenvalue weighted by Crippen LogP contribution is -2.41. The van der Waals surface area contributed by atoms with Crippen LogP contribution in [0.15, 0.2) is 42.9 Å². The highest BCUT2D eigenvalue weighted by atomic mass is 32.1. The molecule has 7 heteroatoms. The number of benzene rings is 1. The third-order valence-corrected chi connectivity index (χ3v) is 7.01. The highest BCUT2D eigenvalue weighted by Crippen LogP contribution is 2.32. The van der Waals surface area contributed by atoms with Gasteiger partial charge in [0.25, 0.3) is 0 Å². The average Bonchev–Trinajstić information content (AvgIpc) is 3.16. The van der Waals surface area contributed by atoms with Crippen LogP contribution in [-0.4, -0.2) is 33.9 Å². The minimum absolute atomic E-state index is 0.0326. The molecule has 3 aromatic rings. The van der Waals surface area contributed by atoms with Crippen molar-refractivity contribution in [1.82, 2.24) is 20.3 Å². The van der Waals surface area contributed by atoms with Gasteiger partial charge in [0, 0.05) is 37.0 Å². The van der Waals surface area contributed by atoms with Gasteiger partial charge in [-0.1, -0.05) is 29.8 Å². The number of carbonyl (C=O) groups is 1. The minimum atomic E-state index is -0.0489. The molecule has 3 heterocycles. The van der Waals surface area contributed by atoms with Gasteiger partial charge in [-0.05, 0) is 33.6 Å². The molecule has 1 aliphatic rings. The average molecular weight is 422 g/mol. The summed E-state index contributed by atoms with van der Waals surface area (Å²) in [6, 6.07) is 8.36. The Labute approximate surface area is 181 Å². The molecule has 0 aliphatic carbocycles. The SMILES string of the molecule is Cc1ccc(-c2nc(C)c(C(C)NC(=O)C3CCN(c4cnccn4)CC3)s2)cc1. The van der Waals surface area contributed by atoms with Crippen molar-refractivity contribution in [3.05, 3.63) is 59.0 Å². The summed E-state index contributed by atoms with van der Waals surface area (Å²) in [5.41, 5.74) is 3.34. The Hall–Kier alpha value is -2.80. The quantitative estimate of drug-likeness (QED) is 0.665. The molecule has 0 radical (unpaired) electrons. The molecule has 1 amide bonds. The van der Waals surface area contributed by atoms with Crippen LogP contribution in [0.2, 0.25) is 0 Å². The van der Waals surface area contributed by atoms with Crippen molar-refractivity contribution < 1.29 is 4.79 Å². The summed E-state index contributed by atoms with van der Waals surface area (Å²) in [5, 5.41) is 4.22. The van der Waals surface area contributed by atoms with Gasteiger partial charge in [0.05, 0.1) is 22.8 Å². The summed E-state index contributed by atoms with van der Waals surface area (Å²) in [7, 11) is 0. The van der Waals surface area contributed by atoms with Gasteiger partial charge in [0.1, 0.15) is 10.8 Å². The lowest BCUT2D eigenvalue weighted by molar-refractivity contribution is -0.126. The van der Waals surface area contributed by atoms with Crippen molar-refractivity contribution >= 4 is 23.1 Å². The molecule has 1 aliphatic heterocycles. The Kier molecular flexibility index (Phi) is 6.08. The van der Waals surface area contributed by atoms with E-state index in [1.54, 1.807) is 29.9 Å². The summed E-state index contributed by atoms with van der Waals surface area (Å²) >= 11 is 1.66. The molecule has 0 saturated carbocycles. The first-order chi connectivity index (χ1) is 14.5. The maximum absolute atomic E-state index is 12.9. The third kappa shape index (κ3) is 4.51. The van der Waals surface area contributed by atoms with E-state index in [4.69, 9.17) is 4.98 Å². The molecule has 1 saturated heterocycles. The van der Waals surface area contributed by atoms with E-state index in [-0.39, 0.29) is 17.9 Å². The van der Waals surface area contributed by atoms with Gasteiger partial charge < -0.3 is 10.2 Å². The first-order valence-electron chi connectivity index (χ1n) is 10.4. The van der Waals surface area contributed by atoms with Crippen LogP contribution in [0.3, 0.4) is 0 Å². The van der Waals surface area contributed by atoms with Gasteiger partial charge in [-0.25, -0.2) is 9.97 Å². The highest BCUT2D eigenvalue weighted by molar-refractivity contribution is 7.15. The molecule has 0 bridgehead atoms. The van der Waals surface area contributed by atoms with Crippen molar-refractivity contribution in [3.63, 3.8) is 0 Å². The molecule has 2 aromatic heterocycles. The lowest BCUT2D eigenvalue weighted by atomic mass is 9.95. The van der Waals surface area contributed by atoms with Crippen LogP contribution in [0.1, 0.15) is 41.9 Å². The number of hydrogen-bond donors (Lipinski definition) is 1. The predicted molar refractivity (Wildman–Crippen MR) is 121 cm³/mol.